The van der Waals surface area contributed by atoms with Crippen molar-refractivity contribution in [2.24, 2.45) is 0 Å². The van der Waals surface area contributed by atoms with Gasteiger partial charge in [0, 0.05) is 0 Å². The maximum Gasteiger partial charge on any atom is 0.267 e. The normalized spacial score (nSPS) is 10.0. The van der Waals surface area contributed by atoms with Gasteiger partial charge in [-0.2, -0.15) is 5.26 Å². The number of rotatable bonds is 2. The quantitative estimate of drug-likeness (QED) is 0.730. The molecule has 0 bridgehead atoms. The van der Waals surface area contributed by atoms with E-state index >= 15 is 0 Å². The monoisotopic (exact) mass is 197 g/mol. The summed E-state index contributed by atoms with van der Waals surface area (Å²) in [6, 6.07) is 4.62. The summed E-state index contributed by atoms with van der Waals surface area (Å²) in [5, 5.41) is 8.76. The number of ether oxygens (including phenoxy) is 1. The fraction of sp³-hybridized carbons (Fsp3) is 0.300. The average molecular weight is 197 g/mol. The molecule has 2 nitrogen and oxygen atoms in total. The summed E-state index contributed by atoms with van der Waals surface area (Å²) in [7, 11) is 1.28. The summed E-state index contributed by atoms with van der Waals surface area (Å²) in [5.41, 5.74) is 0.564. The second kappa shape index (κ2) is 4.05. The van der Waals surface area contributed by atoms with Crippen molar-refractivity contribution in [2.45, 2.75) is 13.3 Å². The summed E-state index contributed by atoms with van der Waals surface area (Å²) in [5.74, 6) is -0.0255. The molecule has 0 aliphatic heterocycles. The number of benzene rings is 1. The van der Waals surface area contributed by atoms with Crippen LogP contribution in [0, 0.1) is 18.3 Å². The largest absolute Gasteiger partial charge is 0.495 e. The Morgan fingerprint density at radius 3 is 2.50 bits per heavy atom. The van der Waals surface area contributed by atoms with E-state index < -0.39 is 6.43 Å². The van der Waals surface area contributed by atoms with Gasteiger partial charge in [-0.15, -0.1) is 0 Å². The minimum atomic E-state index is -2.63. The smallest absolute Gasteiger partial charge is 0.267 e. The first-order valence-electron chi connectivity index (χ1n) is 3.97. The van der Waals surface area contributed by atoms with Gasteiger partial charge in [0.2, 0.25) is 0 Å². The van der Waals surface area contributed by atoms with E-state index in [1.807, 2.05) is 6.07 Å². The number of hydrogen-bond donors (Lipinski definition) is 0. The predicted octanol–water partition coefficient (Wildman–Crippen LogP) is 2.81. The van der Waals surface area contributed by atoms with Gasteiger partial charge >= 0.3 is 0 Å². The summed E-state index contributed by atoms with van der Waals surface area (Å²) < 4.78 is 29.8. The Labute approximate surface area is 80.7 Å². The summed E-state index contributed by atoms with van der Waals surface area (Å²) >= 11 is 0. The van der Waals surface area contributed by atoms with Crippen LogP contribution in [0.4, 0.5) is 8.78 Å². The minimum absolute atomic E-state index is 0.0255. The van der Waals surface area contributed by atoms with E-state index in [1.54, 1.807) is 6.92 Å². The lowest BCUT2D eigenvalue weighted by Crippen LogP contribution is -1.97. The van der Waals surface area contributed by atoms with Gasteiger partial charge in [0.15, 0.2) is 0 Å². The molecule has 1 rings (SSSR count). The van der Waals surface area contributed by atoms with E-state index in [0.717, 1.165) is 0 Å². The van der Waals surface area contributed by atoms with Crippen molar-refractivity contribution in [3.05, 3.63) is 28.8 Å². The van der Waals surface area contributed by atoms with Crippen molar-refractivity contribution in [3.8, 4) is 11.8 Å². The van der Waals surface area contributed by atoms with Gasteiger partial charge in [-0.3, -0.25) is 0 Å². The molecule has 0 aliphatic carbocycles. The standard InChI is InChI=1S/C10H9F2NO/c1-6-3-4-7(10(11)12)9(14-2)8(6)5-13/h3-4,10H,1-2H3. The van der Waals surface area contributed by atoms with Crippen LogP contribution in [0.25, 0.3) is 0 Å². The molecule has 0 aromatic heterocycles. The highest BCUT2D eigenvalue weighted by atomic mass is 19.3. The molecule has 0 saturated heterocycles. The van der Waals surface area contributed by atoms with Crippen molar-refractivity contribution >= 4 is 0 Å². The number of hydrogen-bond acceptors (Lipinski definition) is 2. The van der Waals surface area contributed by atoms with Crippen molar-refractivity contribution in [2.75, 3.05) is 7.11 Å². The molecule has 0 N–H and O–H groups in total. The Balaban J connectivity index is 3.42. The second-order valence-electron chi connectivity index (χ2n) is 2.79. The molecule has 4 heteroatoms. The Kier molecular flexibility index (Phi) is 3.03. The zero-order chi connectivity index (χ0) is 10.7. The van der Waals surface area contributed by atoms with Crippen LogP contribution in [0.3, 0.4) is 0 Å². The van der Waals surface area contributed by atoms with E-state index in [9.17, 15) is 8.78 Å². The third kappa shape index (κ3) is 1.67. The topological polar surface area (TPSA) is 33.0 Å². The highest BCUT2D eigenvalue weighted by Crippen LogP contribution is 2.33. The zero-order valence-electron chi connectivity index (χ0n) is 7.84. The van der Waals surface area contributed by atoms with E-state index in [2.05, 4.69) is 0 Å². The molecule has 74 valence electrons. The van der Waals surface area contributed by atoms with E-state index in [4.69, 9.17) is 10.00 Å². The highest BCUT2D eigenvalue weighted by molar-refractivity contribution is 5.53. The van der Waals surface area contributed by atoms with Crippen LogP contribution in [0.15, 0.2) is 12.1 Å². The number of halogens is 2. The number of nitrogens with zero attached hydrogens (tertiary/aromatic N) is 1. The Morgan fingerprint density at radius 1 is 1.43 bits per heavy atom. The number of methoxy groups -OCH3 is 1. The van der Waals surface area contributed by atoms with Crippen LogP contribution in [0.1, 0.15) is 23.1 Å². The van der Waals surface area contributed by atoms with Crippen LogP contribution >= 0.6 is 0 Å². The molecule has 0 aliphatic rings. The minimum Gasteiger partial charge on any atom is -0.495 e. The van der Waals surface area contributed by atoms with E-state index in [0.29, 0.717) is 5.56 Å². The molecule has 0 radical (unpaired) electrons. The van der Waals surface area contributed by atoms with Gasteiger partial charge in [-0.05, 0) is 18.6 Å². The van der Waals surface area contributed by atoms with Gasteiger partial charge in [0.05, 0.1) is 18.2 Å². The number of aryl methyl sites for hydroxylation is 1. The second-order valence-corrected chi connectivity index (χ2v) is 2.79. The summed E-state index contributed by atoms with van der Waals surface area (Å²) in [6.07, 6.45) is -2.63. The fourth-order valence-electron chi connectivity index (χ4n) is 1.23. The molecule has 0 fully saturated rings. The van der Waals surface area contributed by atoms with Gasteiger partial charge < -0.3 is 4.74 Å². The molecule has 0 unspecified atom stereocenters. The van der Waals surface area contributed by atoms with Crippen molar-refractivity contribution in [1.82, 2.24) is 0 Å². The maximum atomic E-state index is 12.5. The first kappa shape index (κ1) is 10.5. The predicted molar refractivity (Wildman–Crippen MR) is 47.4 cm³/mol. The van der Waals surface area contributed by atoms with Crippen LogP contribution in [0.5, 0.6) is 5.75 Å². The first-order chi connectivity index (χ1) is 6.61. The van der Waals surface area contributed by atoms with E-state index in [1.165, 1.54) is 19.2 Å². The Morgan fingerprint density at radius 2 is 2.07 bits per heavy atom. The van der Waals surface area contributed by atoms with Crippen LogP contribution in [0.2, 0.25) is 0 Å². The van der Waals surface area contributed by atoms with Crippen molar-refractivity contribution < 1.29 is 13.5 Å². The molecule has 0 amide bonds. The summed E-state index contributed by atoms with van der Waals surface area (Å²) in [6.45, 7) is 1.68. The van der Waals surface area contributed by atoms with Gasteiger partial charge in [-0.1, -0.05) is 6.07 Å². The maximum absolute atomic E-state index is 12.5. The fourth-order valence-corrected chi connectivity index (χ4v) is 1.23. The molecule has 1 aromatic carbocycles. The van der Waals surface area contributed by atoms with Crippen molar-refractivity contribution in [1.29, 1.82) is 5.26 Å². The van der Waals surface area contributed by atoms with Gasteiger partial charge in [0.1, 0.15) is 11.8 Å². The molecule has 0 heterocycles. The lowest BCUT2D eigenvalue weighted by atomic mass is 10.0. The molecule has 1 aromatic rings. The molecule has 0 saturated carbocycles. The zero-order valence-corrected chi connectivity index (χ0v) is 7.84. The molecular weight excluding hydrogens is 188 g/mol. The van der Waals surface area contributed by atoms with Gasteiger partial charge in [0.25, 0.3) is 6.43 Å². The molecule has 0 spiro atoms. The third-order valence-corrected chi connectivity index (χ3v) is 1.95. The van der Waals surface area contributed by atoms with Crippen LogP contribution in [-0.2, 0) is 0 Å². The number of alkyl halides is 2. The van der Waals surface area contributed by atoms with E-state index in [-0.39, 0.29) is 16.9 Å². The first-order valence-corrected chi connectivity index (χ1v) is 3.97. The van der Waals surface area contributed by atoms with Crippen LogP contribution < -0.4 is 4.74 Å². The third-order valence-electron chi connectivity index (χ3n) is 1.95. The van der Waals surface area contributed by atoms with Crippen LogP contribution in [-0.4, -0.2) is 7.11 Å². The van der Waals surface area contributed by atoms with Gasteiger partial charge in [-0.25, -0.2) is 8.78 Å². The highest BCUT2D eigenvalue weighted by Gasteiger charge is 2.18. The van der Waals surface area contributed by atoms with Crippen molar-refractivity contribution in [3.63, 3.8) is 0 Å². The SMILES string of the molecule is COc1c(C(F)F)ccc(C)c1C#N. The Bertz CT molecular complexity index is 382. The Hall–Kier alpha value is -1.63. The lowest BCUT2D eigenvalue weighted by molar-refractivity contribution is 0.147. The average Bonchev–Trinajstić information content (AvgIpc) is 2.16. The number of nitriles is 1. The molecule has 14 heavy (non-hydrogen) atoms. The molecule has 0 atom stereocenters. The lowest BCUT2D eigenvalue weighted by Gasteiger charge is -2.10. The summed E-state index contributed by atoms with van der Waals surface area (Å²) in [4.78, 5) is 0. The molecular formula is C10H9F2NO.